The highest BCUT2D eigenvalue weighted by Crippen LogP contribution is 2.45. The minimum Gasteiger partial charge on any atom is -0.463 e. The van der Waals surface area contributed by atoms with E-state index < -0.39 is 91.5 Å². The summed E-state index contributed by atoms with van der Waals surface area (Å²) in [6.07, 6.45) is 74.0. The van der Waals surface area contributed by atoms with Crippen LogP contribution in [0.4, 0.5) is 0 Å². The van der Waals surface area contributed by atoms with E-state index in [0.29, 0.717) is 19.3 Å². The molecule has 0 aromatic rings. The smallest absolute Gasteiger partial charge is 0.463 e. The lowest BCUT2D eigenvalue weighted by Crippen LogP contribution is -2.30. The van der Waals surface area contributed by atoms with Gasteiger partial charge < -0.3 is 34.2 Å². The van der Waals surface area contributed by atoms with Gasteiger partial charge in [-0.15, -0.1) is 0 Å². The number of carbonyl (C=O) groups is 3. The molecule has 0 saturated heterocycles. The highest BCUT2D eigenvalue weighted by molar-refractivity contribution is 7.47. The molecule has 0 spiro atoms. The zero-order valence-electron chi connectivity index (χ0n) is 58.9. The molecule has 5 unspecified atom stereocenters. The van der Waals surface area contributed by atoms with Crippen molar-refractivity contribution in [1.29, 1.82) is 0 Å². The quantitative estimate of drug-likeness (QED) is 0.0146. The Balaban J connectivity index is 4.36. The molecule has 0 bridgehead atoms. The zero-order chi connectivity index (χ0) is 68.1. The van der Waals surface area contributed by atoms with Crippen LogP contribution < -0.4 is 0 Å². The summed E-state index contributed by atoms with van der Waals surface area (Å²) in [6.45, 7) is 2.62. The number of allylic oxidation sites excluding steroid dienone is 12. The van der Waals surface area contributed by atoms with Gasteiger partial charge in [-0.3, -0.25) is 32.5 Å². The van der Waals surface area contributed by atoms with Gasteiger partial charge in [0.15, 0.2) is 6.10 Å². The summed E-state index contributed by atoms with van der Waals surface area (Å²) in [4.78, 5) is 58.3. The van der Waals surface area contributed by atoms with Crippen LogP contribution in [0.15, 0.2) is 72.9 Å². The standard InChI is InChI=1S/C75H136O16P2/c1-4-7-10-13-16-19-22-25-26-27-28-29-30-31-32-33-34-35-36-37-38-39-40-41-42-45-47-49-52-55-58-61-73(78)85-64-70(76)65-87-92(81,82)88-66-71(77)67-89-93(83,84)90-69-72(91-75(80)63-60-57-54-51-48-44-24-21-18-15-12-9-6-3)68-86-74(79)62-59-56-53-50-46-43-23-20-17-14-11-8-5-2/h16,19-21,23-26,28-29,31-32,70-72,76-77H,4-15,17-18,22,27,30,33-69H2,1-3H3,(H,81,82)(H,83,84)/b19-16-,23-20-,24-21-,26-25-,29-28-,32-31-. The number of phosphoric ester groups is 2. The van der Waals surface area contributed by atoms with Crippen LogP contribution in [0, 0.1) is 0 Å². The van der Waals surface area contributed by atoms with Crippen molar-refractivity contribution in [3.8, 4) is 0 Å². The Morgan fingerprint density at radius 1 is 0.301 bits per heavy atom. The van der Waals surface area contributed by atoms with E-state index in [1.165, 1.54) is 154 Å². The third-order valence-electron chi connectivity index (χ3n) is 15.9. The van der Waals surface area contributed by atoms with Crippen LogP contribution in [0.2, 0.25) is 0 Å². The van der Waals surface area contributed by atoms with Gasteiger partial charge in [0.1, 0.15) is 25.4 Å². The summed E-state index contributed by atoms with van der Waals surface area (Å²) in [5, 5.41) is 20.6. The predicted molar refractivity (Wildman–Crippen MR) is 381 cm³/mol. The minimum atomic E-state index is -4.92. The molecule has 0 heterocycles. The number of unbranched alkanes of at least 4 members (excludes halogenated alkanes) is 36. The highest BCUT2D eigenvalue weighted by Gasteiger charge is 2.29. The van der Waals surface area contributed by atoms with Gasteiger partial charge in [0.2, 0.25) is 0 Å². The Kier molecular flexibility index (Phi) is 66.7. The second-order valence-corrected chi connectivity index (χ2v) is 28.0. The van der Waals surface area contributed by atoms with Crippen LogP contribution in [0.25, 0.3) is 0 Å². The molecule has 0 aromatic heterocycles. The molecule has 542 valence electrons. The number of carbonyl (C=O) groups excluding carboxylic acids is 3. The molecule has 93 heavy (non-hydrogen) atoms. The lowest BCUT2D eigenvalue weighted by molar-refractivity contribution is -0.161. The predicted octanol–water partition coefficient (Wildman–Crippen LogP) is 21.1. The largest absolute Gasteiger partial charge is 0.472 e. The van der Waals surface area contributed by atoms with E-state index in [-0.39, 0.29) is 19.3 Å². The lowest BCUT2D eigenvalue weighted by atomic mass is 10.0. The van der Waals surface area contributed by atoms with Gasteiger partial charge >= 0.3 is 33.6 Å². The summed E-state index contributed by atoms with van der Waals surface area (Å²) in [5.41, 5.74) is 0. The molecule has 0 saturated carbocycles. The monoisotopic (exact) mass is 1350 g/mol. The Labute approximate surface area is 566 Å². The Hall–Kier alpha value is -3.01. The van der Waals surface area contributed by atoms with Gasteiger partial charge in [-0.25, -0.2) is 9.13 Å². The molecule has 0 amide bonds. The van der Waals surface area contributed by atoms with Crippen LogP contribution in [-0.4, -0.2) is 95.9 Å². The Bertz CT molecular complexity index is 1990. The van der Waals surface area contributed by atoms with Gasteiger partial charge in [0, 0.05) is 19.3 Å². The van der Waals surface area contributed by atoms with E-state index in [1.54, 1.807) is 0 Å². The first-order valence-corrected chi connectivity index (χ1v) is 40.2. The first-order chi connectivity index (χ1) is 45.2. The van der Waals surface area contributed by atoms with E-state index in [4.69, 9.17) is 32.3 Å². The van der Waals surface area contributed by atoms with Crippen LogP contribution in [0.5, 0.6) is 0 Å². The van der Waals surface area contributed by atoms with E-state index in [1.807, 2.05) is 0 Å². The van der Waals surface area contributed by atoms with Crippen molar-refractivity contribution in [3.05, 3.63) is 72.9 Å². The first kappa shape index (κ1) is 90.0. The molecule has 0 rings (SSSR count). The van der Waals surface area contributed by atoms with E-state index in [2.05, 4.69) is 93.7 Å². The number of hydrogen-bond acceptors (Lipinski definition) is 14. The molecule has 5 atom stereocenters. The number of rotatable bonds is 71. The summed E-state index contributed by atoms with van der Waals surface area (Å²) >= 11 is 0. The maximum absolute atomic E-state index is 12.9. The molecule has 0 aliphatic heterocycles. The minimum absolute atomic E-state index is 0.0959. The third kappa shape index (κ3) is 70.1. The van der Waals surface area contributed by atoms with Crippen molar-refractivity contribution in [2.24, 2.45) is 0 Å². The van der Waals surface area contributed by atoms with Gasteiger partial charge in [-0.05, 0) is 116 Å². The summed E-state index contributed by atoms with van der Waals surface area (Å²) < 4.78 is 60.9. The summed E-state index contributed by atoms with van der Waals surface area (Å²) in [5.74, 6) is -1.58. The van der Waals surface area contributed by atoms with Crippen molar-refractivity contribution in [3.63, 3.8) is 0 Å². The van der Waals surface area contributed by atoms with Crippen LogP contribution >= 0.6 is 15.6 Å². The fraction of sp³-hybridized carbons (Fsp3) is 0.800. The topological polar surface area (TPSA) is 231 Å². The zero-order valence-corrected chi connectivity index (χ0v) is 60.7. The molecule has 16 nitrogen and oxygen atoms in total. The first-order valence-electron chi connectivity index (χ1n) is 37.2. The second kappa shape index (κ2) is 68.9. The van der Waals surface area contributed by atoms with E-state index in [0.717, 1.165) is 116 Å². The number of aliphatic hydroxyl groups is 2. The number of esters is 3. The van der Waals surface area contributed by atoms with Gasteiger partial charge in [-0.1, -0.05) is 267 Å². The van der Waals surface area contributed by atoms with Gasteiger partial charge in [0.25, 0.3) is 0 Å². The van der Waals surface area contributed by atoms with Crippen LogP contribution in [0.1, 0.15) is 329 Å². The van der Waals surface area contributed by atoms with Crippen LogP contribution in [-0.2, 0) is 55.8 Å². The molecule has 0 radical (unpaired) electrons. The fourth-order valence-electron chi connectivity index (χ4n) is 10.1. The molecule has 0 aromatic carbocycles. The summed E-state index contributed by atoms with van der Waals surface area (Å²) in [6, 6.07) is 0. The molecule has 0 fully saturated rings. The number of hydrogen-bond donors (Lipinski definition) is 4. The Morgan fingerprint density at radius 3 is 0.882 bits per heavy atom. The normalized spacial score (nSPS) is 14.5. The number of aliphatic hydroxyl groups excluding tert-OH is 2. The molecular weight excluding hydrogens is 1220 g/mol. The van der Waals surface area contributed by atoms with Crippen molar-refractivity contribution in [2.45, 2.75) is 347 Å². The second-order valence-electron chi connectivity index (χ2n) is 25.1. The maximum Gasteiger partial charge on any atom is 0.472 e. The average molecular weight is 1360 g/mol. The average Bonchev–Trinajstić information content (AvgIpc) is 3.55. The number of phosphoric acid groups is 2. The van der Waals surface area contributed by atoms with Crippen molar-refractivity contribution in [2.75, 3.05) is 39.6 Å². The molecule has 4 N–H and O–H groups in total. The van der Waals surface area contributed by atoms with Crippen LogP contribution in [0.3, 0.4) is 0 Å². The van der Waals surface area contributed by atoms with E-state index in [9.17, 15) is 43.5 Å². The van der Waals surface area contributed by atoms with Crippen molar-refractivity contribution >= 4 is 33.6 Å². The Morgan fingerprint density at radius 2 is 0.538 bits per heavy atom. The van der Waals surface area contributed by atoms with Gasteiger partial charge in [0.05, 0.1) is 26.4 Å². The van der Waals surface area contributed by atoms with Crippen molar-refractivity contribution in [1.82, 2.24) is 0 Å². The summed E-state index contributed by atoms with van der Waals surface area (Å²) in [7, 11) is -9.77. The third-order valence-corrected chi connectivity index (χ3v) is 17.8. The fourth-order valence-corrected chi connectivity index (χ4v) is 11.7. The van der Waals surface area contributed by atoms with Crippen molar-refractivity contribution < 1.29 is 75.8 Å². The van der Waals surface area contributed by atoms with E-state index >= 15 is 0 Å². The van der Waals surface area contributed by atoms with Gasteiger partial charge in [-0.2, -0.15) is 0 Å². The molecule has 0 aliphatic carbocycles. The molecule has 0 aliphatic rings. The molecular formula is C75H136O16P2. The lowest BCUT2D eigenvalue weighted by Gasteiger charge is -2.21. The number of ether oxygens (including phenoxy) is 3. The SMILES string of the molecule is CCCCC/C=C\C/C=C\C/C=C\C/C=C\CCCCCCCCCCCCCCCCCC(=O)OCC(O)COP(=O)(O)OCC(O)COP(=O)(O)OCC(COC(=O)CCCCCCC/C=C\CCCCCC)OC(=O)CCCCCCC/C=C\CCCCCC. The highest BCUT2D eigenvalue weighted by atomic mass is 31.2. The maximum atomic E-state index is 12.9. The molecule has 18 heteroatoms.